The molecule has 1 fully saturated rings. The molecule has 0 saturated carbocycles. The van der Waals surface area contributed by atoms with E-state index in [1.54, 1.807) is 12.3 Å². The summed E-state index contributed by atoms with van der Waals surface area (Å²) in [5.41, 5.74) is 2.02. The van der Waals surface area contributed by atoms with Crippen molar-refractivity contribution >= 4 is 0 Å². The fourth-order valence-electron chi connectivity index (χ4n) is 2.36. The molecule has 2 aromatic carbocycles. The van der Waals surface area contributed by atoms with Crippen molar-refractivity contribution in [3.63, 3.8) is 0 Å². The minimum Gasteiger partial charge on any atom is -0.497 e. The highest BCUT2D eigenvalue weighted by Crippen LogP contribution is 2.26. The summed E-state index contributed by atoms with van der Waals surface area (Å²) < 4.78 is 16.8. The highest BCUT2D eigenvalue weighted by Gasteiger charge is 2.29. The first-order valence-electron chi connectivity index (χ1n) is 7.65. The van der Waals surface area contributed by atoms with Crippen LogP contribution in [0.5, 0.6) is 0 Å². The molecule has 120 valence electrons. The third-order valence-corrected chi connectivity index (χ3v) is 3.61. The molecule has 23 heavy (non-hydrogen) atoms. The molecule has 3 rings (SSSR count). The Morgan fingerprint density at radius 1 is 1.04 bits per heavy atom. The number of benzene rings is 2. The predicted molar refractivity (Wildman–Crippen MR) is 86.4 cm³/mol. The number of aliphatic hydroxyl groups is 1. The summed E-state index contributed by atoms with van der Waals surface area (Å²) in [5.74, 6) is 0. The van der Waals surface area contributed by atoms with Crippen LogP contribution in [-0.4, -0.2) is 23.9 Å². The molecule has 0 unspecified atom stereocenters. The van der Waals surface area contributed by atoms with Crippen LogP contribution in [0.15, 0.2) is 73.0 Å². The second-order valence-corrected chi connectivity index (χ2v) is 5.37. The molecular weight excluding hydrogens is 292 g/mol. The largest absolute Gasteiger partial charge is 0.497 e. The van der Waals surface area contributed by atoms with Gasteiger partial charge in [0.05, 0.1) is 12.9 Å². The van der Waals surface area contributed by atoms with Crippen LogP contribution >= 0.6 is 0 Å². The van der Waals surface area contributed by atoms with Gasteiger partial charge < -0.3 is 19.3 Å². The Labute approximate surface area is 135 Å². The van der Waals surface area contributed by atoms with E-state index in [2.05, 4.69) is 0 Å². The fraction of sp³-hybridized carbons (Fsp3) is 0.263. The Kier molecular flexibility index (Phi) is 5.42. The maximum Gasteiger partial charge on any atom is 0.184 e. The maximum atomic E-state index is 9.99. The number of rotatable bonds is 5. The van der Waals surface area contributed by atoms with Crippen LogP contribution < -0.4 is 0 Å². The first-order valence-corrected chi connectivity index (χ1v) is 7.65. The van der Waals surface area contributed by atoms with Crippen molar-refractivity contribution < 1.29 is 19.3 Å². The van der Waals surface area contributed by atoms with Gasteiger partial charge in [-0.1, -0.05) is 60.7 Å². The Balaban J connectivity index is 1.54. The summed E-state index contributed by atoms with van der Waals surface area (Å²) in [4.78, 5) is 0. The van der Waals surface area contributed by atoms with Crippen LogP contribution in [-0.2, 0) is 20.8 Å². The molecule has 0 radical (unpaired) electrons. The van der Waals surface area contributed by atoms with Crippen molar-refractivity contribution in [2.45, 2.75) is 25.1 Å². The highest BCUT2D eigenvalue weighted by molar-refractivity contribution is 5.17. The van der Waals surface area contributed by atoms with Crippen molar-refractivity contribution in [3.05, 3.63) is 84.1 Å². The van der Waals surface area contributed by atoms with Gasteiger partial charge in [-0.2, -0.15) is 0 Å². The average molecular weight is 312 g/mol. The van der Waals surface area contributed by atoms with E-state index in [-0.39, 0.29) is 6.61 Å². The zero-order valence-electron chi connectivity index (χ0n) is 12.7. The van der Waals surface area contributed by atoms with E-state index >= 15 is 0 Å². The molecule has 3 atom stereocenters. The minimum atomic E-state index is -0.702. The van der Waals surface area contributed by atoms with E-state index in [4.69, 9.17) is 14.2 Å². The summed E-state index contributed by atoms with van der Waals surface area (Å²) in [6.07, 6.45) is 1.68. The lowest BCUT2D eigenvalue weighted by Crippen LogP contribution is -2.39. The van der Waals surface area contributed by atoms with Gasteiger partial charge in [0, 0.05) is 5.56 Å². The van der Waals surface area contributed by atoms with Crippen LogP contribution in [0.25, 0.3) is 0 Å². The van der Waals surface area contributed by atoms with Crippen molar-refractivity contribution in [2.75, 3.05) is 6.61 Å². The third-order valence-electron chi connectivity index (χ3n) is 3.61. The quantitative estimate of drug-likeness (QED) is 0.861. The van der Waals surface area contributed by atoms with Gasteiger partial charge in [0.2, 0.25) is 0 Å². The second kappa shape index (κ2) is 7.92. The van der Waals surface area contributed by atoms with E-state index in [1.165, 1.54) is 0 Å². The van der Waals surface area contributed by atoms with Crippen molar-refractivity contribution in [2.24, 2.45) is 0 Å². The average Bonchev–Trinajstić information content (AvgIpc) is 2.62. The molecule has 4 heteroatoms. The third kappa shape index (κ3) is 4.42. The summed E-state index contributed by atoms with van der Waals surface area (Å²) in [7, 11) is 0. The molecule has 0 aliphatic carbocycles. The zero-order chi connectivity index (χ0) is 15.9. The van der Waals surface area contributed by atoms with Crippen molar-refractivity contribution in [1.82, 2.24) is 0 Å². The highest BCUT2D eigenvalue weighted by atomic mass is 16.7. The lowest BCUT2D eigenvalue weighted by molar-refractivity contribution is -0.244. The molecule has 0 aromatic heterocycles. The number of hydrogen-bond donors (Lipinski definition) is 1. The molecule has 4 nitrogen and oxygen atoms in total. The number of hydrogen-bond acceptors (Lipinski definition) is 4. The van der Waals surface area contributed by atoms with E-state index in [0.717, 1.165) is 11.1 Å². The van der Waals surface area contributed by atoms with Gasteiger partial charge in [0.15, 0.2) is 6.29 Å². The van der Waals surface area contributed by atoms with Gasteiger partial charge in [-0.05, 0) is 11.6 Å². The molecule has 1 heterocycles. The van der Waals surface area contributed by atoms with E-state index < -0.39 is 18.5 Å². The summed E-state index contributed by atoms with van der Waals surface area (Å²) in [6.45, 7) is 0.714. The fourth-order valence-corrected chi connectivity index (χ4v) is 2.36. The lowest BCUT2D eigenvalue weighted by atomic mass is 10.1. The van der Waals surface area contributed by atoms with Gasteiger partial charge in [-0.3, -0.25) is 0 Å². The predicted octanol–water partition coefficient (Wildman–Crippen LogP) is 3.19. The van der Waals surface area contributed by atoms with Gasteiger partial charge >= 0.3 is 0 Å². The summed E-state index contributed by atoms with van der Waals surface area (Å²) in [6, 6.07) is 19.6. The van der Waals surface area contributed by atoms with Gasteiger partial charge in [-0.25, -0.2) is 0 Å². The standard InChI is InChI=1S/C19H20O4/c20-17-14-22-19(16-9-5-2-6-10-16)23-18(17)11-12-21-13-15-7-3-1-4-8-15/h1-12,17-20H,13-14H2/b12-11+/t17-,18+,19-/m1/s1. The first kappa shape index (κ1) is 15.7. The molecule has 2 aromatic rings. The van der Waals surface area contributed by atoms with Crippen LogP contribution in [0.3, 0.4) is 0 Å². The smallest absolute Gasteiger partial charge is 0.184 e. The monoisotopic (exact) mass is 312 g/mol. The molecule has 1 saturated heterocycles. The van der Waals surface area contributed by atoms with Crippen molar-refractivity contribution in [1.29, 1.82) is 0 Å². The Hall–Kier alpha value is -2.14. The molecule has 1 aliphatic heterocycles. The Morgan fingerprint density at radius 3 is 2.48 bits per heavy atom. The van der Waals surface area contributed by atoms with Gasteiger partial charge in [0.25, 0.3) is 0 Å². The van der Waals surface area contributed by atoms with E-state index in [1.807, 2.05) is 60.7 Å². The summed E-state index contributed by atoms with van der Waals surface area (Å²) >= 11 is 0. The van der Waals surface area contributed by atoms with E-state index in [9.17, 15) is 5.11 Å². The van der Waals surface area contributed by atoms with Crippen molar-refractivity contribution in [3.8, 4) is 0 Å². The van der Waals surface area contributed by atoms with Gasteiger partial charge in [0.1, 0.15) is 18.8 Å². The number of aliphatic hydroxyl groups excluding tert-OH is 1. The molecule has 0 amide bonds. The van der Waals surface area contributed by atoms with Crippen LogP contribution in [0, 0.1) is 0 Å². The topological polar surface area (TPSA) is 47.9 Å². The molecule has 0 spiro atoms. The zero-order valence-corrected chi connectivity index (χ0v) is 12.7. The van der Waals surface area contributed by atoms with Gasteiger partial charge in [-0.15, -0.1) is 0 Å². The Bertz CT molecular complexity index is 612. The molecule has 1 N–H and O–H groups in total. The SMILES string of the molecule is O[C@@H]1CO[C@@H](c2ccccc2)O[C@H]1/C=C/OCc1ccccc1. The van der Waals surface area contributed by atoms with Crippen LogP contribution in [0.2, 0.25) is 0 Å². The first-order chi connectivity index (χ1) is 11.3. The minimum absolute atomic E-state index is 0.229. The molecule has 0 bridgehead atoms. The normalized spacial score (nSPS) is 24.7. The summed E-state index contributed by atoms with van der Waals surface area (Å²) in [5, 5.41) is 9.99. The lowest BCUT2D eigenvalue weighted by Gasteiger charge is -2.32. The molecular formula is C19H20O4. The van der Waals surface area contributed by atoms with E-state index in [0.29, 0.717) is 6.61 Å². The second-order valence-electron chi connectivity index (χ2n) is 5.37. The maximum absolute atomic E-state index is 9.99. The number of ether oxygens (including phenoxy) is 3. The Morgan fingerprint density at radius 2 is 1.74 bits per heavy atom. The van der Waals surface area contributed by atoms with Crippen LogP contribution in [0.4, 0.5) is 0 Å². The molecule has 1 aliphatic rings. The van der Waals surface area contributed by atoms with Crippen LogP contribution in [0.1, 0.15) is 17.4 Å².